The number of esters is 1. The normalized spacial score (nSPS) is 13.2. The third-order valence-corrected chi connectivity index (χ3v) is 2.35. The van der Waals surface area contributed by atoms with Gasteiger partial charge in [-0.15, -0.1) is 0 Å². The van der Waals surface area contributed by atoms with Crippen LogP contribution in [-0.2, 0) is 9.53 Å². The molecular weight excluding hydrogens is 216 g/mol. The smallest absolute Gasteiger partial charge is 0.330 e. The zero-order valence-corrected chi connectivity index (χ0v) is 10.2. The Morgan fingerprint density at radius 3 is 2.65 bits per heavy atom. The van der Waals surface area contributed by atoms with E-state index in [9.17, 15) is 9.90 Å². The molecule has 0 aliphatic carbocycles. The Morgan fingerprint density at radius 1 is 1.41 bits per heavy atom. The first-order chi connectivity index (χ1) is 8.13. The molecule has 1 atom stereocenters. The number of benzene rings is 1. The van der Waals surface area contributed by atoms with Gasteiger partial charge in [-0.2, -0.15) is 0 Å². The Bertz CT molecular complexity index is 382. The van der Waals surface area contributed by atoms with E-state index in [1.54, 1.807) is 6.92 Å². The zero-order chi connectivity index (χ0) is 12.7. The van der Waals surface area contributed by atoms with E-state index in [1.807, 2.05) is 37.3 Å². The van der Waals surface area contributed by atoms with Crippen LogP contribution < -0.4 is 0 Å². The molecule has 1 aromatic carbocycles. The molecule has 0 unspecified atom stereocenters. The summed E-state index contributed by atoms with van der Waals surface area (Å²) < 4.78 is 4.80. The molecule has 0 radical (unpaired) electrons. The van der Waals surface area contributed by atoms with Crippen LogP contribution in [0.15, 0.2) is 42.0 Å². The molecule has 17 heavy (non-hydrogen) atoms. The van der Waals surface area contributed by atoms with Gasteiger partial charge < -0.3 is 9.84 Å². The van der Waals surface area contributed by atoms with Gasteiger partial charge in [0, 0.05) is 6.08 Å². The van der Waals surface area contributed by atoms with Gasteiger partial charge in [-0.05, 0) is 25.8 Å². The molecule has 0 aromatic heterocycles. The number of hydrogen-bond donors (Lipinski definition) is 1. The Labute approximate surface area is 102 Å². The van der Waals surface area contributed by atoms with E-state index in [4.69, 9.17) is 4.74 Å². The van der Waals surface area contributed by atoms with Crippen molar-refractivity contribution in [2.45, 2.75) is 26.4 Å². The van der Waals surface area contributed by atoms with Crippen molar-refractivity contribution >= 4 is 5.97 Å². The van der Waals surface area contributed by atoms with Crippen molar-refractivity contribution < 1.29 is 14.6 Å². The molecule has 0 amide bonds. The summed E-state index contributed by atoms with van der Waals surface area (Å²) in [5.41, 5.74) is 1.66. The summed E-state index contributed by atoms with van der Waals surface area (Å²) in [6, 6.07) is 9.38. The molecule has 0 saturated heterocycles. The predicted molar refractivity (Wildman–Crippen MR) is 66.4 cm³/mol. The number of aliphatic hydroxyl groups is 1. The van der Waals surface area contributed by atoms with Crippen molar-refractivity contribution in [2.75, 3.05) is 6.61 Å². The van der Waals surface area contributed by atoms with Crippen molar-refractivity contribution in [1.82, 2.24) is 0 Å². The fourth-order valence-electron chi connectivity index (χ4n) is 1.54. The van der Waals surface area contributed by atoms with Gasteiger partial charge in [0.2, 0.25) is 0 Å². The summed E-state index contributed by atoms with van der Waals surface area (Å²) in [5, 5.41) is 9.94. The number of hydrogen-bond acceptors (Lipinski definition) is 3. The zero-order valence-electron chi connectivity index (χ0n) is 10.2. The highest BCUT2D eigenvalue weighted by atomic mass is 16.5. The van der Waals surface area contributed by atoms with E-state index in [-0.39, 0.29) is 5.97 Å². The number of carbonyl (C=O) groups is 1. The maximum atomic E-state index is 11.2. The molecule has 0 fully saturated rings. The molecule has 1 rings (SSSR count). The van der Waals surface area contributed by atoms with Crippen LogP contribution in [-0.4, -0.2) is 17.7 Å². The van der Waals surface area contributed by atoms with Gasteiger partial charge in [0.25, 0.3) is 0 Å². The van der Waals surface area contributed by atoms with Crippen LogP contribution in [0.1, 0.15) is 31.9 Å². The van der Waals surface area contributed by atoms with Crippen LogP contribution in [0.2, 0.25) is 0 Å². The Morgan fingerprint density at radius 2 is 2.06 bits per heavy atom. The fourth-order valence-corrected chi connectivity index (χ4v) is 1.54. The lowest BCUT2D eigenvalue weighted by Gasteiger charge is -2.10. The minimum Gasteiger partial charge on any atom is -0.463 e. The third-order valence-electron chi connectivity index (χ3n) is 2.35. The molecule has 3 heteroatoms. The van der Waals surface area contributed by atoms with Gasteiger partial charge in [-0.25, -0.2) is 4.79 Å². The maximum absolute atomic E-state index is 11.2. The predicted octanol–water partition coefficient (Wildman–Crippen LogP) is 2.62. The van der Waals surface area contributed by atoms with Crippen LogP contribution in [0.5, 0.6) is 0 Å². The van der Waals surface area contributed by atoms with E-state index < -0.39 is 6.10 Å². The van der Waals surface area contributed by atoms with Crippen LogP contribution in [0.4, 0.5) is 0 Å². The average molecular weight is 234 g/mol. The summed E-state index contributed by atoms with van der Waals surface area (Å²) in [5.74, 6) is -0.356. The summed E-state index contributed by atoms with van der Waals surface area (Å²) in [4.78, 5) is 11.2. The summed E-state index contributed by atoms with van der Waals surface area (Å²) >= 11 is 0. The summed E-state index contributed by atoms with van der Waals surface area (Å²) in [6.07, 6.45) is 1.28. The lowest BCUT2D eigenvalue weighted by Crippen LogP contribution is -2.03. The van der Waals surface area contributed by atoms with Crippen LogP contribution in [0, 0.1) is 0 Å². The van der Waals surface area contributed by atoms with Crippen molar-refractivity contribution in [2.24, 2.45) is 0 Å². The van der Waals surface area contributed by atoms with Crippen LogP contribution in [0.3, 0.4) is 0 Å². The number of carbonyl (C=O) groups excluding carboxylic acids is 1. The Hall–Kier alpha value is -1.61. The molecule has 3 nitrogen and oxygen atoms in total. The Kier molecular flexibility index (Phi) is 5.43. The molecule has 0 aliphatic heterocycles. The van der Waals surface area contributed by atoms with Gasteiger partial charge in [0.05, 0.1) is 12.7 Å². The maximum Gasteiger partial charge on any atom is 0.330 e. The molecule has 0 heterocycles. The third kappa shape index (κ3) is 4.83. The number of aliphatic hydroxyl groups excluding tert-OH is 1. The highest BCUT2D eigenvalue weighted by Gasteiger charge is 2.08. The average Bonchev–Trinajstić information content (AvgIpc) is 2.30. The molecule has 0 spiro atoms. The van der Waals surface area contributed by atoms with Crippen LogP contribution in [0.25, 0.3) is 0 Å². The van der Waals surface area contributed by atoms with Crippen molar-refractivity contribution in [3.05, 3.63) is 47.5 Å². The SMILES string of the molecule is CCOC(=O)/C=C(\C)C[C@@H](O)c1ccccc1. The first-order valence-electron chi connectivity index (χ1n) is 5.70. The second-order valence-corrected chi connectivity index (χ2v) is 3.87. The first-order valence-corrected chi connectivity index (χ1v) is 5.70. The van der Waals surface area contributed by atoms with E-state index >= 15 is 0 Å². The molecule has 0 bridgehead atoms. The molecule has 1 N–H and O–H groups in total. The topological polar surface area (TPSA) is 46.5 Å². The standard InChI is InChI=1S/C14H18O3/c1-3-17-14(16)10-11(2)9-13(15)12-7-5-4-6-8-12/h4-8,10,13,15H,3,9H2,1-2H3/b11-10+/t13-/m1/s1. The minimum absolute atomic E-state index is 0.356. The monoisotopic (exact) mass is 234 g/mol. The summed E-state index contributed by atoms with van der Waals surface area (Å²) in [6.45, 7) is 3.94. The molecular formula is C14H18O3. The Balaban J connectivity index is 2.57. The van der Waals surface area contributed by atoms with Gasteiger partial charge >= 0.3 is 5.97 Å². The van der Waals surface area contributed by atoms with Crippen LogP contribution >= 0.6 is 0 Å². The largest absolute Gasteiger partial charge is 0.463 e. The second-order valence-electron chi connectivity index (χ2n) is 3.87. The van der Waals surface area contributed by atoms with E-state index in [0.29, 0.717) is 13.0 Å². The summed E-state index contributed by atoms with van der Waals surface area (Å²) in [7, 11) is 0. The first kappa shape index (κ1) is 13.5. The van der Waals surface area contributed by atoms with E-state index in [0.717, 1.165) is 11.1 Å². The highest BCUT2D eigenvalue weighted by Crippen LogP contribution is 2.20. The van der Waals surface area contributed by atoms with Crippen molar-refractivity contribution in [1.29, 1.82) is 0 Å². The molecule has 92 valence electrons. The van der Waals surface area contributed by atoms with Gasteiger partial charge in [-0.1, -0.05) is 35.9 Å². The highest BCUT2D eigenvalue weighted by molar-refractivity contribution is 5.82. The molecule has 1 aromatic rings. The van der Waals surface area contributed by atoms with Crippen molar-refractivity contribution in [3.63, 3.8) is 0 Å². The van der Waals surface area contributed by atoms with E-state index in [2.05, 4.69) is 0 Å². The van der Waals surface area contributed by atoms with E-state index in [1.165, 1.54) is 6.08 Å². The van der Waals surface area contributed by atoms with Gasteiger partial charge in [0.1, 0.15) is 0 Å². The minimum atomic E-state index is -0.582. The number of ether oxygens (including phenoxy) is 1. The molecule has 0 saturated carbocycles. The fraction of sp³-hybridized carbons (Fsp3) is 0.357. The number of rotatable bonds is 5. The van der Waals surface area contributed by atoms with Crippen molar-refractivity contribution in [3.8, 4) is 0 Å². The lowest BCUT2D eigenvalue weighted by atomic mass is 10.0. The second kappa shape index (κ2) is 6.86. The molecule has 0 aliphatic rings. The van der Waals surface area contributed by atoms with Gasteiger partial charge in [-0.3, -0.25) is 0 Å². The quantitative estimate of drug-likeness (QED) is 0.629. The van der Waals surface area contributed by atoms with Gasteiger partial charge in [0.15, 0.2) is 0 Å². The lowest BCUT2D eigenvalue weighted by molar-refractivity contribution is -0.137.